The van der Waals surface area contributed by atoms with Crippen molar-refractivity contribution >= 4 is 34.8 Å². The van der Waals surface area contributed by atoms with E-state index in [4.69, 9.17) is 0 Å². The summed E-state index contributed by atoms with van der Waals surface area (Å²) in [6, 6.07) is 21.4. The molecule has 41 heavy (non-hydrogen) atoms. The van der Waals surface area contributed by atoms with Crippen molar-refractivity contribution in [1.29, 1.82) is 0 Å². The van der Waals surface area contributed by atoms with Crippen LogP contribution < -0.4 is 20.4 Å². The summed E-state index contributed by atoms with van der Waals surface area (Å²) in [7, 11) is 0. The monoisotopic (exact) mass is 553 g/mol. The van der Waals surface area contributed by atoms with Gasteiger partial charge in [0.25, 0.3) is 11.8 Å². The van der Waals surface area contributed by atoms with Crippen molar-refractivity contribution in [2.75, 3.05) is 60.9 Å². The molecule has 2 aliphatic heterocycles. The van der Waals surface area contributed by atoms with E-state index in [0.717, 1.165) is 50.4 Å². The molecular formula is C33H39N5O3. The molecule has 2 aliphatic rings. The Bertz CT molecular complexity index is 1410. The van der Waals surface area contributed by atoms with Gasteiger partial charge in [0, 0.05) is 69.0 Å². The van der Waals surface area contributed by atoms with Gasteiger partial charge in [0.2, 0.25) is 5.91 Å². The lowest BCUT2D eigenvalue weighted by Gasteiger charge is -2.38. The zero-order valence-electron chi connectivity index (χ0n) is 24.0. The fourth-order valence-corrected chi connectivity index (χ4v) is 5.65. The van der Waals surface area contributed by atoms with Gasteiger partial charge in [0.05, 0.1) is 11.4 Å². The molecule has 0 aromatic heterocycles. The van der Waals surface area contributed by atoms with Gasteiger partial charge in [-0.3, -0.25) is 14.4 Å². The normalized spacial score (nSPS) is 15.3. The quantitative estimate of drug-likeness (QED) is 0.378. The number of nitrogens with one attached hydrogen (secondary N) is 2. The summed E-state index contributed by atoms with van der Waals surface area (Å²) in [5.41, 5.74) is 6.11. The molecule has 8 nitrogen and oxygen atoms in total. The summed E-state index contributed by atoms with van der Waals surface area (Å²) in [5.74, 6) is -0.207. The molecule has 0 radical (unpaired) electrons. The predicted molar refractivity (Wildman–Crippen MR) is 164 cm³/mol. The van der Waals surface area contributed by atoms with Gasteiger partial charge in [-0.1, -0.05) is 35.9 Å². The number of rotatable bonds is 9. The molecular weight excluding hydrogens is 514 g/mol. The highest BCUT2D eigenvalue weighted by atomic mass is 16.2. The molecule has 0 saturated carbocycles. The number of nitrogens with zero attached hydrogens (tertiary/aromatic N) is 3. The first-order valence-corrected chi connectivity index (χ1v) is 14.5. The second-order valence-electron chi connectivity index (χ2n) is 10.9. The first-order chi connectivity index (χ1) is 19.9. The number of hydrogen-bond acceptors (Lipinski definition) is 5. The Balaban J connectivity index is 1.29. The van der Waals surface area contributed by atoms with Crippen molar-refractivity contribution in [1.82, 2.24) is 10.2 Å². The molecule has 214 valence electrons. The van der Waals surface area contributed by atoms with E-state index in [0.29, 0.717) is 42.7 Å². The average Bonchev–Trinajstić information content (AvgIpc) is 3.40. The van der Waals surface area contributed by atoms with Crippen LogP contribution in [-0.4, -0.2) is 68.4 Å². The third-order valence-electron chi connectivity index (χ3n) is 7.93. The van der Waals surface area contributed by atoms with Crippen LogP contribution in [0.15, 0.2) is 66.7 Å². The summed E-state index contributed by atoms with van der Waals surface area (Å²) < 4.78 is 0. The van der Waals surface area contributed by atoms with E-state index >= 15 is 0 Å². The van der Waals surface area contributed by atoms with Gasteiger partial charge >= 0.3 is 0 Å². The zero-order valence-corrected chi connectivity index (χ0v) is 24.0. The molecule has 0 aliphatic carbocycles. The molecule has 3 amide bonds. The highest BCUT2D eigenvalue weighted by Crippen LogP contribution is 2.30. The van der Waals surface area contributed by atoms with E-state index in [1.165, 1.54) is 11.3 Å². The van der Waals surface area contributed by atoms with Crippen molar-refractivity contribution in [3.63, 3.8) is 0 Å². The second kappa shape index (κ2) is 12.9. The Morgan fingerprint density at radius 1 is 0.780 bits per heavy atom. The van der Waals surface area contributed by atoms with E-state index in [1.807, 2.05) is 42.2 Å². The molecule has 2 heterocycles. The molecule has 8 heteroatoms. The van der Waals surface area contributed by atoms with Crippen LogP contribution in [0.1, 0.15) is 51.1 Å². The number of anilines is 3. The van der Waals surface area contributed by atoms with Crippen LogP contribution in [0.3, 0.4) is 0 Å². The summed E-state index contributed by atoms with van der Waals surface area (Å²) in [4.78, 5) is 44.7. The minimum absolute atomic E-state index is 0.195. The fraction of sp³-hybridized carbons (Fsp3) is 0.364. The number of hydrogen-bond donors (Lipinski definition) is 2. The van der Waals surface area contributed by atoms with Gasteiger partial charge in [0.15, 0.2) is 0 Å². The van der Waals surface area contributed by atoms with Crippen molar-refractivity contribution in [3.8, 4) is 0 Å². The highest BCUT2D eigenvalue weighted by molar-refractivity contribution is 6.07. The number of carbonyl (C=O) groups excluding carboxylic acids is 3. The van der Waals surface area contributed by atoms with Crippen molar-refractivity contribution in [3.05, 3.63) is 89.0 Å². The van der Waals surface area contributed by atoms with Crippen LogP contribution in [-0.2, 0) is 4.79 Å². The standard InChI is InChI=1S/C33H39N5O3/c1-24-8-5-10-26(22-24)33(41)35-28-23-27(32(40)34-15-7-17-38-16-6-12-31(38)39)13-14-30(28)37-20-18-36(19-21-37)29-11-4-3-9-25(29)2/h3-5,8-11,13-14,22-23H,6-7,12,15-21H2,1-2H3,(H,34,40)(H,35,41). The molecule has 5 rings (SSSR count). The molecule has 0 atom stereocenters. The number of aryl methyl sites for hydroxylation is 2. The maximum atomic E-state index is 13.2. The van der Waals surface area contributed by atoms with Gasteiger partial charge in [-0.05, 0) is 68.7 Å². The molecule has 2 N–H and O–H groups in total. The van der Waals surface area contributed by atoms with Crippen LogP contribution in [0.4, 0.5) is 17.1 Å². The third-order valence-corrected chi connectivity index (χ3v) is 7.93. The third kappa shape index (κ3) is 6.88. The number of para-hydroxylation sites is 1. The highest BCUT2D eigenvalue weighted by Gasteiger charge is 2.23. The van der Waals surface area contributed by atoms with Crippen LogP contribution >= 0.6 is 0 Å². The lowest BCUT2D eigenvalue weighted by molar-refractivity contribution is -0.127. The topological polar surface area (TPSA) is 85.0 Å². The van der Waals surface area contributed by atoms with Crippen molar-refractivity contribution in [2.24, 2.45) is 0 Å². The summed E-state index contributed by atoms with van der Waals surface area (Å²) in [6.07, 6.45) is 2.24. The Kier molecular flexibility index (Phi) is 8.87. The first kappa shape index (κ1) is 28.2. The number of benzene rings is 3. The summed E-state index contributed by atoms with van der Waals surface area (Å²) in [5, 5.41) is 6.07. The minimum atomic E-state index is -0.207. The van der Waals surface area contributed by atoms with Gasteiger partial charge in [-0.2, -0.15) is 0 Å². The van der Waals surface area contributed by atoms with Gasteiger partial charge < -0.3 is 25.3 Å². The largest absolute Gasteiger partial charge is 0.368 e. The molecule has 0 bridgehead atoms. The summed E-state index contributed by atoms with van der Waals surface area (Å²) >= 11 is 0. The Labute approximate surface area is 242 Å². The number of likely N-dealkylation sites (tertiary alicyclic amines) is 1. The number of amides is 3. The Morgan fingerprint density at radius 2 is 1.51 bits per heavy atom. The maximum Gasteiger partial charge on any atom is 0.255 e. The molecule has 2 fully saturated rings. The number of carbonyl (C=O) groups is 3. The van der Waals surface area contributed by atoms with E-state index in [2.05, 4.69) is 51.6 Å². The first-order valence-electron chi connectivity index (χ1n) is 14.5. The van der Waals surface area contributed by atoms with E-state index in [1.54, 1.807) is 12.1 Å². The molecule has 3 aromatic carbocycles. The van der Waals surface area contributed by atoms with Crippen LogP contribution in [0, 0.1) is 13.8 Å². The fourth-order valence-electron chi connectivity index (χ4n) is 5.65. The zero-order chi connectivity index (χ0) is 28.8. The summed E-state index contributed by atoms with van der Waals surface area (Å²) in [6.45, 7) is 9.34. The van der Waals surface area contributed by atoms with E-state index < -0.39 is 0 Å². The van der Waals surface area contributed by atoms with Crippen molar-refractivity contribution < 1.29 is 14.4 Å². The molecule has 0 unspecified atom stereocenters. The maximum absolute atomic E-state index is 13.2. The average molecular weight is 554 g/mol. The van der Waals surface area contributed by atoms with Crippen LogP contribution in [0.5, 0.6) is 0 Å². The van der Waals surface area contributed by atoms with Gasteiger partial charge in [0.1, 0.15) is 0 Å². The van der Waals surface area contributed by atoms with Gasteiger partial charge in [-0.25, -0.2) is 0 Å². The minimum Gasteiger partial charge on any atom is -0.368 e. The molecule has 2 saturated heterocycles. The SMILES string of the molecule is Cc1cccc(C(=O)Nc2cc(C(=O)NCCCN3CCCC3=O)ccc2N2CCN(c3ccccc3C)CC2)c1. The van der Waals surface area contributed by atoms with Crippen LogP contribution in [0.25, 0.3) is 0 Å². The predicted octanol–water partition coefficient (Wildman–Crippen LogP) is 4.62. The smallest absolute Gasteiger partial charge is 0.255 e. The number of piperazine rings is 1. The molecule has 0 spiro atoms. The lowest BCUT2D eigenvalue weighted by Crippen LogP contribution is -2.47. The van der Waals surface area contributed by atoms with E-state index in [9.17, 15) is 14.4 Å². The van der Waals surface area contributed by atoms with Crippen LogP contribution in [0.2, 0.25) is 0 Å². The van der Waals surface area contributed by atoms with Gasteiger partial charge in [-0.15, -0.1) is 0 Å². The van der Waals surface area contributed by atoms with E-state index in [-0.39, 0.29) is 17.7 Å². The van der Waals surface area contributed by atoms with Crippen molar-refractivity contribution in [2.45, 2.75) is 33.1 Å². The Morgan fingerprint density at radius 3 is 2.22 bits per heavy atom. The molecule has 3 aromatic rings. The Hall–Kier alpha value is -4.33. The second-order valence-corrected chi connectivity index (χ2v) is 10.9. The lowest BCUT2D eigenvalue weighted by atomic mass is 10.1.